The van der Waals surface area contributed by atoms with Gasteiger partial charge in [-0.25, -0.2) is 4.79 Å². The Bertz CT molecular complexity index is 1070. The highest BCUT2D eigenvalue weighted by Gasteiger charge is 2.26. The van der Waals surface area contributed by atoms with Gasteiger partial charge >= 0.3 is 5.97 Å². The Kier molecular flexibility index (Phi) is 13.9. The SMILES string of the molecule is CSCCC(NC(=O)C(Cc1ccccc1)NC(=O)CCCCNC(=O)C(N)Cc1ccc(O)cc1)C(=O)O. The van der Waals surface area contributed by atoms with Gasteiger partial charge in [-0.05, 0) is 61.0 Å². The van der Waals surface area contributed by atoms with Crippen molar-refractivity contribution in [3.63, 3.8) is 0 Å². The smallest absolute Gasteiger partial charge is 0.326 e. The number of carbonyl (C=O) groups excluding carboxylic acids is 3. The molecule has 212 valence electrons. The van der Waals surface area contributed by atoms with Crippen molar-refractivity contribution in [3.8, 4) is 5.75 Å². The molecule has 11 heteroatoms. The van der Waals surface area contributed by atoms with Gasteiger partial charge in [-0.3, -0.25) is 14.4 Å². The summed E-state index contributed by atoms with van der Waals surface area (Å²) in [5.41, 5.74) is 7.63. The highest BCUT2D eigenvalue weighted by molar-refractivity contribution is 7.98. The van der Waals surface area contributed by atoms with E-state index in [0.717, 1.165) is 11.1 Å². The molecule has 0 aliphatic carbocycles. The zero-order valence-corrected chi connectivity index (χ0v) is 22.9. The lowest BCUT2D eigenvalue weighted by Gasteiger charge is -2.21. The zero-order chi connectivity index (χ0) is 28.6. The van der Waals surface area contributed by atoms with Gasteiger partial charge in [0.15, 0.2) is 0 Å². The molecule has 0 spiro atoms. The fraction of sp³-hybridized carbons (Fsp3) is 0.429. The van der Waals surface area contributed by atoms with Crippen LogP contribution in [0.4, 0.5) is 0 Å². The van der Waals surface area contributed by atoms with Crippen molar-refractivity contribution in [3.05, 3.63) is 65.7 Å². The monoisotopic (exact) mass is 558 g/mol. The van der Waals surface area contributed by atoms with E-state index in [2.05, 4.69) is 16.0 Å². The standard InChI is InChI=1S/C28H38N4O6S/c1-39-16-14-23(28(37)38)32-27(36)24(18-19-7-3-2-4-8-19)31-25(34)9-5-6-15-30-26(35)22(29)17-20-10-12-21(33)13-11-20/h2-4,7-8,10-13,22-24,33H,5-6,9,14-18,29H2,1H3,(H,30,35)(H,31,34)(H,32,36)(H,37,38). The van der Waals surface area contributed by atoms with E-state index in [1.54, 1.807) is 12.1 Å². The van der Waals surface area contributed by atoms with Crippen molar-refractivity contribution in [1.29, 1.82) is 0 Å². The second kappa shape index (κ2) is 17.1. The number of hydrogen-bond donors (Lipinski definition) is 6. The van der Waals surface area contributed by atoms with Crippen LogP contribution in [0.25, 0.3) is 0 Å². The summed E-state index contributed by atoms with van der Waals surface area (Å²) in [7, 11) is 0. The molecule has 3 amide bonds. The van der Waals surface area contributed by atoms with Crippen molar-refractivity contribution in [2.24, 2.45) is 5.73 Å². The molecule has 7 N–H and O–H groups in total. The number of carboxylic acid groups (broad SMARTS) is 1. The van der Waals surface area contributed by atoms with Gasteiger partial charge in [-0.1, -0.05) is 42.5 Å². The Morgan fingerprint density at radius 2 is 1.54 bits per heavy atom. The Morgan fingerprint density at radius 3 is 2.18 bits per heavy atom. The lowest BCUT2D eigenvalue weighted by atomic mass is 10.0. The molecule has 39 heavy (non-hydrogen) atoms. The third-order valence-corrected chi connectivity index (χ3v) is 6.66. The number of aromatic hydroxyl groups is 1. The fourth-order valence-corrected chi connectivity index (χ4v) is 4.29. The predicted molar refractivity (Wildman–Crippen MR) is 151 cm³/mol. The maximum absolute atomic E-state index is 13.0. The number of nitrogens with one attached hydrogen (secondary N) is 3. The molecular weight excluding hydrogens is 520 g/mol. The van der Waals surface area contributed by atoms with Crippen molar-refractivity contribution >= 4 is 35.5 Å². The third-order valence-electron chi connectivity index (χ3n) is 6.02. The first-order valence-corrected chi connectivity index (χ1v) is 14.3. The number of nitrogens with two attached hydrogens (primary N) is 1. The summed E-state index contributed by atoms with van der Waals surface area (Å²) in [6.45, 7) is 0.346. The molecule has 0 saturated carbocycles. The summed E-state index contributed by atoms with van der Waals surface area (Å²) < 4.78 is 0. The Morgan fingerprint density at radius 1 is 0.872 bits per heavy atom. The molecule has 0 radical (unpaired) electrons. The molecule has 2 aromatic carbocycles. The topological polar surface area (TPSA) is 171 Å². The molecule has 0 saturated heterocycles. The number of carboxylic acids is 1. The minimum atomic E-state index is -1.12. The Labute approximate surface area is 233 Å². The molecular formula is C28H38N4O6S. The number of amides is 3. The summed E-state index contributed by atoms with van der Waals surface area (Å²) in [5, 5.41) is 26.9. The molecule has 0 aliphatic heterocycles. The predicted octanol–water partition coefficient (Wildman–Crippen LogP) is 1.60. The third kappa shape index (κ3) is 12.2. The molecule has 3 atom stereocenters. The number of rotatable bonds is 17. The zero-order valence-electron chi connectivity index (χ0n) is 22.1. The highest BCUT2D eigenvalue weighted by atomic mass is 32.2. The molecule has 0 fully saturated rings. The number of carbonyl (C=O) groups is 4. The van der Waals surface area contributed by atoms with Crippen LogP contribution >= 0.6 is 11.8 Å². The van der Waals surface area contributed by atoms with Gasteiger partial charge in [-0.15, -0.1) is 0 Å². The first-order chi connectivity index (χ1) is 18.7. The van der Waals surface area contributed by atoms with Crippen LogP contribution in [0.15, 0.2) is 54.6 Å². The largest absolute Gasteiger partial charge is 0.508 e. The minimum absolute atomic E-state index is 0.142. The lowest BCUT2D eigenvalue weighted by molar-refractivity contribution is -0.142. The molecule has 0 bridgehead atoms. The maximum atomic E-state index is 13.0. The number of phenolic OH excluding ortho intramolecular Hbond substituents is 1. The van der Waals surface area contributed by atoms with Gasteiger partial charge in [-0.2, -0.15) is 11.8 Å². The van der Waals surface area contributed by atoms with Crippen LogP contribution in [0.5, 0.6) is 5.75 Å². The summed E-state index contributed by atoms with van der Waals surface area (Å²) in [6.07, 6.45) is 3.85. The second-order valence-electron chi connectivity index (χ2n) is 9.22. The Hall–Kier alpha value is -3.57. The average Bonchev–Trinajstić information content (AvgIpc) is 2.91. The van der Waals surface area contributed by atoms with Gasteiger partial charge in [0.1, 0.15) is 17.8 Å². The fourth-order valence-electron chi connectivity index (χ4n) is 3.82. The highest BCUT2D eigenvalue weighted by Crippen LogP contribution is 2.11. The van der Waals surface area contributed by atoms with Crippen LogP contribution < -0.4 is 21.7 Å². The lowest BCUT2D eigenvalue weighted by Crippen LogP contribution is -2.52. The van der Waals surface area contributed by atoms with Crippen molar-refractivity contribution in [1.82, 2.24) is 16.0 Å². The number of benzene rings is 2. The van der Waals surface area contributed by atoms with Gasteiger partial charge < -0.3 is 31.9 Å². The summed E-state index contributed by atoms with van der Waals surface area (Å²) in [5.74, 6) is -1.59. The van der Waals surface area contributed by atoms with Crippen LogP contribution in [0.2, 0.25) is 0 Å². The number of thioether (sulfide) groups is 1. The minimum Gasteiger partial charge on any atom is -0.508 e. The summed E-state index contributed by atoms with van der Waals surface area (Å²) >= 11 is 1.49. The molecule has 10 nitrogen and oxygen atoms in total. The van der Waals surface area contributed by atoms with E-state index < -0.39 is 30.0 Å². The average molecular weight is 559 g/mol. The summed E-state index contributed by atoms with van der Waals surface area (Å²) in [6, 6.07) is 13.0. The van der Waals surface area contributed by atoms with Crippen molar-refractivity contribution in [2.75, 3.05) is 18.6 Å². The summed E-state index contributed by atoms with van der Waals surface area (Å²) in [4.78, 5) is 49.4. The number of unbranched alkanes of at least 4 members (excludes halogenated alkanes) is 1. The van der Waals surface area contributed by atoms with Crippen LogP contribution in [0.1, 0.15) is 36.8 Å². The number of phenols is 1. The maximum Gasteiger partial charge on any atom is 0.326 e. The quantitative estimate of drug-likeness (QED) is 0.159. The first kappa shape index (κ1) is 31.6. The molecule has 0 aliphatic rings. The van der Waals surface area contributed by atoms with Gasteiger partial charge in [0.05, 0.1) is 6.04 Å². The van der Waals surface area contributed by atoms with Crippen LogP contribution in [0.3, 0.4) is 0 Å². The van der Waals surface area contributed by atoms with E-state index in [1.807, 2.05) is 36.6 Å². The van der Waals surface area contributed by atoms with E-state index in [4.69, 9.17) is 5.73 Å². The molecule has 2 rings (SSSR count). The van der Waals surface area contributed by atoms with Gasteiger partial charge in [0.25, 0.3) is 0 Å². The van der Waals surface area contributed by atoms with Gasteiger partial charge in [0.2, 0.25) is 17.7 Å². The van der Waals surface area contributed by atoms with Crippen molar-refractivity contribution in [2.45, 2.75) is 56.7 Å². The van der Waals surface area contributed by atoms with E-state index in [9.17, 15) is 29.4 Å². The molecule has 2 aromatic rings. The van der Waals surface area contributed by atoms with Gasteiger partial charge in [0, 0.05) is 19.4 Å². The van der Waals surface area contributed by atoms with Crippen molar-refractivity contribution < 1.29 is 29.4 Å². The molecule has 0 heterocycles. The Balaban J connectivity index is 1.81. The molecule has 0 aromatic heterocycles. The normalized spacial score (nSPS) is 13.1. The van der Waals surface area contributed by atoms with E-state index in [-0.39, 0.29) is 36.8 Å². The second-order valence-corrected chi connectivity index (χ2v) is 10.2. The molecule has 3 unspecified atom stereocenters. The van der Waals surface area contributed by atoms with Crippen LogP contribution in [0, 0.1) is 0 Å². The first-order valence-electron chi connectivity index (χ1n) is 12.9. The van der Waals surface area contributed by atoms with E-state index >= 15 is 0 Å². The van der Waals surface area contributed by atoms with E-state index in [1.165, 1.54) is 23.9 Å². The number of hydrogen-bond acceptors (Lipinski definition) is 7. The number of aliphatic carboxylic acids is 1. The van der Waals surface area contributed by atoms with Crippen LogP contribution in [-0.4, -0.2) is 70.6 Å². The van der Waals surface area contributed by atoms with Crippen LogP contribution in [-0.2, 0) is 32.0 Å². The van der Waals surface area contributed by atoms with E-state index in [0.29, 0.717) is 31.6 Å².